The highest BCUT2D eigenvalue weighted by molar-refractivity contribution is 9.10. The van der Waals surface area contributed by atoms with Gasteiger partial charge in [-0.3, -0.25) is 0 Å². The van der Waals surface area contributed by atoms with Crippen molar-refractivity contribution in [3.63, 3.8) is 0 Å². The second kappa shape index (κ2) is 8.17. The van der Waals surface area contributed by atoms with Gasteiger partial charge in [-0.05, 0) is 74.0 Å². The van der Waals surface area contributed by atoms with Crippen molar-refractivity contribution in [2.24, 2.45) is 17.8 Å². The first-order chi connectivity index (χ1) is 11.5. The Morgan fingerprint density at radius 3 is 2.50 bits per heavy atom. The lowest BCUT2D eigenvalue weighted by molar-refractivity contribution is 0.238. The van der Waals surface area contributed by atoms with Crippen molar-refractivity contribution in [3.8, 4) is 0 Å². The van der Waals surface area contributed by atoms with Gasteiger partial charge in [-0.25, -0.2) is 4.39 Å². The molecule has 0 bridgehead atoms. The van der Waals surface area contributed by atoms with Gasteiger partial charge in [0.05, 0.1) is 0 Å². The van der Waals surface area contributed by atoms with Crippen LogP contribution >= 0.6 is 15.9 Å². The van der Waals surface area contributed by atoms with E-state index in [9.17, 15) is 4.39 Å². The number of rotatable bonds is 4. The highest BCUT2D eigenvalue weighted by Crippen LogP contribution is 2.37. The molecule has 2 aliphatic carbocycles. The molecule has 0 saturated heterocycles. The molecule has 0 spiro atoms. The zero-order chi connectivity index (χ0) is 17.1. The van der Waals surface area contributed by atoms with Crippen LogP contribution in [-0.2, 0) is 6.42 Å². The lowest BCUT2D eigenvalue weighted by Crippen LogP contribution is -2.17. The topological polar surface area (TPSA) is 0 Å². The Balaban J connectivity index is 1.53. The summed E-state index contributed by atoms with van der Waals surface area (Å²) in [5, 5.41) is 0. The quantitative estimate of drug-likeness (QED) is 0.468. The Hall–Kier alpha value is -0.630. The number of benzene rings is 1. The summed E-state index contributed by atoms with van der Waals surface area (Å²) in [7, 11) is 0. The number of hydrogen-bond donors (Lipinski definition) is 0. The molecular formula is C22H30BrF. The minimum Gasteiger partial charge on any atom is -0.206 e. The van der Waals surface area contributed by atoms with Crippen molar-refractivity contribution in [1.29, 1.82) is 0 Å². The van der Waals surface area contributed by atoms with Crippen LogP contribution < -0.4 is 0 Å². The molecule has 1 aromatic carbocycles. The van der Waals surface area contributed by atoms with Crippen LogP contribution in [0.1, 0.15) is 69.4 Å². The lowest BCUT2D eigenvalue weighted by Gasteiger charge is -2.31. The van der Waals surface area contributed by atoms with Crippen molar-refractivity contribution >= 4 is 15.9 Å². The number of halogens is 2. The van der Waals surface area contributed by atoms with E-state index in [0.29, 0.717) is 0 Å². The average molecular weight is 393 g/mol. The molecule has 1 saturated carbocycles. The summed E-state index contributed by atoms with van der Waals surface area (Å²) in [6.07, 6.45) is 14.0. The monoisotopic (exact) mass is 392 g/mol. The van der Waals surface area contributed by atoms with Gasteiger partial charge < -0.3 is 0 Å². The van der Waals surface area contributed by atoms with Crippen molar-refractivity contribution in [1.82, 2.24) is 0 Å². The van der Waals surface area contributed by atoms with Crippen molar-refractivity contribution in [3.05, 3.63) is 45.2 Å². The third kappa shape index (κ3) is 4.50. The minimum absolute atomic E-state index is 0.0382. The van der Waals surface area contributed by atoms with Crippen LogP contribution in [0.4, 0.5) is 4.39 Å². The predicted molar refractivity (Wildman–Crippen MR) is 104 cm³/mol. The van der Waals surface area contributed by atoms with Crippen LogP contribution in [0.25, 0.3) is 0 Å². The normalized spacial score (nSPS) is 27.8. The second-order valence-electron chi connectivity index (χ2n) is 8.19. The van der Waals surface area contributed by atoms with Gasteiger partial charge in [-0.2, -0.15) is 0 Å². The van der Waals surface area contributed by atoms with E-state index in [1.54, 1.807) is 0 Å². The molecule has 1 unspecified atom stereocenters. The smallest absolute Gasteiger partial charge is 0.130 e. The van der Waals surface area contributed by atoms with Crippen LogP contribution in [0.5, 0.6) is 0 Å². The standard InChI is InChI=1S/C22H30BrF/c1-15-3-5-17(6-4-15)13-18-7-9-19(10-8-18)14-20-11-12-21(23)16(2)22(20)24/h9,11-12,15,17-18H,3-8,10,13-14H2,1-2H3. The summed E-state index contributed by atoms with van der Waals surface area (Å²) >= 11 is 3.41. The van der Waals surface area contributed by atoms with Crippen LogP contribution in [0.2, 0.25) is 0 Å². The third-order valence-electron chi connectivity index (χ3n) is 6.23. The molecule has 0 radical (unpaired) electrons. The van der Waals surface area contributed by atoms with Gasteiger partial charge in [0, 0.05) is 4.47 Å². The maximum atomic E-state index is 14.4. The Bertz CT molecular complexity index is 596. The van der Waals surface area contributed by atoms with Gasteiger partial charge in [-0.15, -0.1) is 0 Å². The average Bonchev–Trinajstić information content (AvgIpc) is 2.59. The summed E-state index contributed by atoms with van der Waals surface area (Å²) in [6.45, 7) is 4.24. The Labute approximate surface area is 155 Å². The fourth-order valence-corrected chi connectivity index (χ4v) is 4.76. The SMILES string of the molecule is Cc1c(Br)ccc(CC2=CCC(CC3CCC(C)CC3)CC2)c1F. The molecule has 3 rings (SSSR count). The van der Waals surface area contributed by atoms with E-state index in [1.807, 2.05) is 19.1 Å². The fourth-order valence-electron chi connectivity index (χ4n) is 4.45. The molecular weight excluding hydrogens is 363 g/mol. The number of allylic oxidation sites excluding steroid dienone is 2. The molecule has 0 heterocycles. The van der Waals surface area contributed by atoms with Crippen molar-refractivity contribution in [2.45, 2.75) is 71.6 Å². The highest BCUT2D eigenvalue weighted by atomic mass is 79.9. The first-order valence-corrected chi connectivity index (χ1v) is 10.4. The van der Waals surface area contributed by atoms with E-state index in [1.165, 1.54) is 50.5 Å². The van der Waals surface area contributed by atoms with E-state index >= 15 is 0 Å². The van der Waals surface area contributed by atoms with E-state index in [-0.39, 0.29) is 5.82 Å². The van der Waals surface area contributed by atoms with Gasteiger partial charge in [0.15, 0.2) is 0 Å². The maximum absolute atomic E-state index is 14.4. The lowest BCUT2D eigenvalue weighted by atomic mass is 9.75. The van der Waals surface area contributed by atoms with Gasteiger partial charge in [0.1, 0.15) is 5.82 Å². The molecule has 0 N–H and O–H groups in total. The molecule has 1 fully saturated rings. The van der Waals surface area contributed by atoms with E-state index in [0.717, 1.165) is 46.2 Å². The Kier molecular flexibility index (Phi) is 6.18. The van der Waals surface area contributed by atoms with E-state index in [4.69, 9.17) is 0 Å². The van der Waals surface area contributed by atoms with Crippen LogP contribution in [0, 0.1) is 30.5 Å². The molecule has 0 amide bonds. The third-order valence-corrected chi connectivity index (χ3v) is 7.09. The van der Waals surface area contributed by atoms with Crippen LogP contribution in [0.15, 0.2) is 28.3 Å². The zero-order valence-electron chi connectivity index (χ0n) is 15.1. The van der Waals surface area contributed by atoms with E-state index in [2.05, 4.69) is 28.9 Å². The highest BCUT2D eigenvalue weighted by Gasteiger charge is 2.23. The number of hydrogen-bond acceptors (Lipinski definition) is 0. The Morgan fingerprint density at radius 2 is 1.83 bits per heavy atom. The molecule has 2 heteroatoms. The first-order valence-electron chi connectivity index (χ1n) is 9.64. The maximum Gasteiger partial charge on any atom is 0.130 e. The van der Waals surface area contributed by atoms with Gasteiger partial charge in [0.25, 0.3) is 0 Å². The summed E-state index contributed by atoms with van der Waals surface area (Å²) in [5.41, 5.74) is 3.01. The minimum atomic E-state index is -0.0382. The van der Waals surface area contributed by atoms with Crippen molar-refractivity contribution < 1.29 is 4.39 Å². The molecule has 1 aromatic rings. The molecule has 0 nitrogen and oxygen atoms in total. The molecule has 0 aliphatic heterocycles. The van der Waals surface area contributed by atoms with Gasteiger partial charge in [-0.1, -0.05) is 66.3 Å². The largest absolute Gasteiger partial charge is 0.206 e. The molecule has 2 aliphatic rings. The van der Waals surface area contributed by atoms with Crippen LogP contribution in [0.3, 0.4) is 0 Å². The van der Waals surface area contributed by atoms with Crippen LogP contribution in [-0.4, -0.2) is 0 Å². The molecule has 1 atom stereocenters. The summed E-state index contributed by atoms with van der Waals surface area (Å²) < 4.78 is 15.2. The zero-order valence-corrected chi connectivity index (χ0v) is 16.7. The first kappa shape index (κ1) is 18.2. The second-order valence-corrected chi connectivity index (χ2v) is 9.04. The summed E-state index contributed by atoms with van der Waals surface area (Å²) in [5.74, 6) is 2.74. The fraction of sp³-hybridized carbons (Fsp3) is 0.636. The molecule has 24 heavy (non-hydrogen) atoms. The van der Waals surface area contributed by atoms with Gasteiger partial charge in [0.2, 0.25) is 0 Å². The Morgan fingerprint density at radius 1 is 1.08 bits per heavy atom. The van der Waals surface area contributed by atoms with Crippen molar-refractivity contribution in [2.75, 3.05) is 0 Å². The van der Waals surface area contributed by atoms with E-state index < -0.39 is 0 Å². The predicted octanol–water partition coefficient (Wildman–Crippen LogP) is 7.38. The summed E-state index contributed by atoms with van der Waals surface area (Å²) in [4.78, 5) is 0. The molecule has 132 valence electrons. The summed E-state index contributed by atoms with van der Waals surface area (Å²) in [6, 6.07) is 3.91. The molecule has 0 aromatic heterocycles. The van der Waals surface area contributed by atoms with Gasteiger partial charge >= 0.3 is 0 Å².